The average Bonchev–Trinajstić information content (AvgIpc) is 2.62. The predicted molar refractivity (Wildman–Crippen MR) is 56.6 cm³/mol. The quantitative estimate of drug-likeness (QED) is 0.756. The topological polar surface area (TPSA) is 12.0 Å². The largest absolute Gasteiger partial charge is 0.313 e. The molecule has 1 unspecified atom stereocenters. The molecule has 2 heteroatoms. The van der Waals surface area contributed by atoms with Gasteiger partial charge in [0.25, 0.3) is 0 Å². The Labute approximate surface area is 83.6 Å². The molecule has 1 aliphatic rings. The second-order valence-electron chi connectivity index (χ2n) is 3.65. The van der Waals surface area contributed by atoms with Gasteiger partial charge in [-0.25, -0.2) is 4.39 Å². The number of benzene rings is 1. The Kier molecular flexibility index (Phi) is 2.38. The molecular weight excluding hydrogens is 177 g/mol. The zero-order valence-electron chi connectivity index (χ0n) is 8.47. The van der Waals surface area contributed by atoms with Crippen molar-refractivity contribution in [2.45, 2.75) is 19.4 Å². The van der Waals surface area contributed by atoms with Crippen LogP contribution in [0.5, 0.6) is 0 Å². The molecule has 0 radical (unpaired) electrons. The van der Waals surface area contributed by atoms with Gasteiger partial charge in [0, 0.05) is 11.6 Å². The number of likely N-dealkylation sites (N-methyl/N-ethyl adjacent to an activating group) is 1. The Bertz CT molecular complexity index is 382. The lowest BCUT2D eigenvalue weighted by Gasteiger charge is -2.14. The Morgan fingerprint density at radius 2 is 2.21 bits per heavy atom. The van der Waals surface area contributed by atoms with E-state index in [1.54, 1.807) is 6.07 Å². The second-order valence-corrected chi connectivity index (χ2v) is 3.65. The van der Waals surface area contributed by atoms with Gasteiger partial charge in [-0.2, -0.15) is 0 Å². The lowest BCUT2D eigenvalue weighted by Crippen LogP contribution is -2.22. The Balaban J connectivity index is 2.45. The van der Waals surface area contributed by atoms with Gasteiger partial charge in [0.15, 0.2) is 0 Å². The SMILES string of the molecule is CNC(C)C1=CCc2cccc(F)c21. The third-order valence-electron chi connectivity index (χ3n) is 2.83. The minimum atomic E-state index is -0.103. The standard InChI is InChI=1S/C12H14FN/c1-8(14-2)10-7-6-9-4-3-5-11(13)12(9)10/h3-5,7-8,14H,6H2,1-2H3. The fraction of sp³-hybridized carbons (Fsp3) is 0.333. The maximum Gasteiger partial charge on any atom is 0.131 e. The van der Waals surface area contributed by atoms with E-state index >= 15 is 0 Å². The molecule has 74 valence electrons. The molecular formula is C12H14FN. The lowest BCUT2D eigenvalue weighted by molar-refractivity contribution is 0.619. The van der Waals surface area contributed by atoms with Gasteiger partial charge < -0.3 is 5.32 Å². The van der Waals surface area contributed by atoms with Crippen LogP contribution in [0.25, 0.3) is 5.57 Å². The minimum Gasteiger partial charge on any atom is -0.313 e. The first kappa shape index (κ1) is 9.41. The summed E-state index contributed by atoms with van der Waals surface area (Å²) in [5.41, 5.74) is 2.98. The smallest absolute Gasteiger partial charge is 0.131 e. The minimum absolute atomic E-state index is 0.103. The van der Waals surface area contributed by atoms with Gasteiger partial charge in [-0.3, -0.25) is 0 Å². The van der Waals surface area contributed by atoms with Crippen LogP contribution >= 0.6 is 0 Å². The summed E-state index contributed by atoms with van der Waals surface area (Å²) in [7, 11) is 1.89. The first-order valence-corrected chi connectivity index (χ1v) is 4.89. The van der Waals surface area contributed by atoms with Gasteiger partial charge in [0.2, 0.25) is 0 Å². The Hall–Kier alpha value is -1.15. The van der Waals surface area contributed by atoms with Gasteiger partial charge in [0.1, 0.15) is 5.82 Å². The molecule has 1 nitrogen and oxygen atoms in total. The first-order valence-electron chi connectivity index (χ1n) is 4.89. The zero-order valence-corrected chi connectivity index (χ0v) is 8.47. The molecule has 1 aromatic carbocycles. The highest BCUT2D eigenvalue weighted by Crippen LogP contribution is 2.31. The molecule has 1 aromatic rings. The molecule has 2 rings (SSSR count). The van der Waals surface area contributed by atoms with Crippen molar-refractivity contribution in [1.82, 2.24) is 5.32 Å². The molecule has 0 saturated carbocycles. The molecule has 0 fully saturated rings. The summed E-state index contributed by atoms with van der Waals surface area (Å²) in [5.74, 6) is -0.103. The number of allylic oxidation sites excluding steroid dienone is 1. The number of hydrogen-bond acceptors (Lipinski definition) is 1. The highest BCUT2D eigenvalue weighted by molar-refractivity contribution is 5.76. The summed E-state index contributed by atoms with van der Waals surface area (Å²) < 4.78 is 13.6. The molecule has 0 heterocycles. The van der Waals surface area contributed by atoms with Gasteiger partial charge in [0.05, 0.1) is 0 Å². The Morgan fingerprint density at radius 1 is 1.43 bits per heavy atom. The molecule has 1 N–H and O–H groups in total. The van der Waals surface area contributed by atoms with E-state index in [-0.39, 0.29) is 11.9 Å². The van der Waals surface area contributed by atoms with E-state index in [1.165, 1.54) is 6.07 Å². The third-order valence-corrected chi connectivity index (χ3v) is 2.83. The molecule has 0 saturated heterocycles. The van der Waals surface area contributed by atoms with E-state index in [9.17, 15) is 4.39 Å². The van der Waals surface area contributed by atoms with Crippen molar-refractivity contribution < 1.29 is 4.39 Å². The van der Waals surface area contributed by atoms with E-state index in [2.05, 4.69) is 11.4 Å². The van der Waals surface area contributed by atoms with E-state index in [0.29, 0.717) is 0 Å². The number of rotatable bonds is 2. The number of nitrogens with one attached hydrogen (secondary N) is 1. The molecule has 0 aliphatic heterocycles. The van der Waals surface area contributed by atoms with Crippen molar-refractivity contribution in [1.29, 1.82) is 0 Å². The molecule has 0 spiro atoms. The number of fused-ring (bicyclic) bond motifs is 1. The molecule has 1 aliphatic carbocycles. The third kappa shape index (κ3) is 1.36. The maximum atomic E-state index is 13.6. The summed E-state index contributed by atoms with van der Waals surface area (Å²) in [5, 5.41) is 3.14. The zero-order chi connectivity index (χ0) is 10.1. The summed E-state index contributed by atoms with van der Waals surface area (Å²) in [4.78, 5) is 0. The van der Waals surface area contributed by atoms with E-state index < -0.39 is 0 Å². The maximum absolute atomic E-state index is 13.6. The molecule has 0 aromatic heterocycles. The fourth-order valence-electron chi connectivity index (χ4n) is 1.93. The van der Waals surface area contributed by atoms with Crippen molar-refractivity contribution in [2.24, 2.45) is 0 Å². The van der Waals surface area contributed by atoms with Crippen LogP contribution < -0.4 is 5.32 Å². The fourth-order valence-corrected chi connectivity index (χ4v) is 1.93. The molecule has 0 bridgehead atoms. The van der Waals surface area contributed by atoms with Crippen molar-refractivity contribution in [3.05, 3.63) is 41.2 Å². The van der Waals surface area contributed by atoms with Crippen molar-refractivity contribution >= 4 is 5.57 Å². The van der Waals surface area contributed by atoms with Crippen LogP contribution in [0, 0.1) is 5.82 Å². The summed E-state index contributed by atoms with van der Waals surface area (Å²) in [6.07, 6.45) is 2.96. The summed E-state index contributed by atoms with van der Waals surface area (Å²) in [6, 6.07) is 5.51. The van der Waals surface area contributed by atoms with Crippen LogP contribution in [0.1, 0.15) is 18.1 Å². The summed E-state index contributed by atoms with van der Waals surface area (Å²) >= 11 is 0. The Morgan fingerprint density at radius 3 is 2.93 bits per heavy atom. The van der Waals surface area contributed by atoms with Gasteiger partial charge in [-0.1, -0.05) is 18.2 Å². The molecule has 0 amide bonds. The van der Waals surface area contributed by atoms with E-state index in [4.69, 9.17) is 0 Å². The van der Waals surface area contributed by atoms with Crippen LogP contribution in [-0.2, 0) is 6.42 Å². The molecule has 14 heavy (non-hydrogen) atoms. The van der Waals surface area contributed by atoms with Crippen LogP contribution in [0.4, 0.5) is 4.39 Å². The van der Waals surface area contributed by atoms with Crippen molar-refractivity contribution in [2.75, 3.05) is 7.05 Å². The molecule has 1 atom stereocenters. The number of halogens is 1. The van der Waals surface area contributed by atoms with Gasteiger partial charge in [-0.15, -0.1) is 0 Å². The van der Waals surface area contributed by atoms with E-state index in [1.807, 2.05) is 20.0 Å². The second kappa shape index (κ2) is 3.54. The van der Waals surface area contributed by atoms with Crippen LogP contribution in [0.2, 0.25) is 0 Å². The normalized spacial score (nSPS) is 16.4. The lowest BCUT2D eigenvalue weighted by atomic mass is 10.0. The first-order chi connectivity index (χ1) is 6.74. The monoisotopic (exact) mass is 191 g/mol. The van der Waals surface area contributed by atoms with Gasteiger partial charge in [-0.05, 0) is 37.6 Å². The van der Waals surface area contributed by atoms with Crippen LogP contribution in [0.15, 0.2) is 24.3 Å². The van der Waals surface area contributed by atoms with E-state index in [0.717, 1.165) is 23.1 Å². The average molecular weight is 191 g/mol. The van der Waals surface area contributed by atoms with Crippen molar-refractivity contribution in [3.8, 4) is 0 Å². The predicted octanol–water partition coefficient (Wildman–Crippen LogP) is 2.37. The highest BCUT2D eigenvalue weighted by atomic mass is 19.1. The van der Waals surface area contributed by atoms with Crippen LogP contribution in [0.3, 0.4) is 0 Å². The highest BCUT2D eigenvalue weighted by Gasteiger charge is 2.20. The van der Waals surface area contributed by atoms with Gasteiger partial charge >= 0.3 is 0 Å². The number of hydrogen-bond donors (Lipinski definition) is 1. The summed E-state index contributed by atoms with van der Waals surface area (Å²) in [6.45, 7) is 2.05. The van der Waals surface area contributed by atoms with Crippen LogP contribution in [-0.4, -0.2) is 13.1 Å². The van der Waals surface area contributed by atoms with Crippen molar-refractivity contribution in [3.63, 3.8) is 0 Å².